The highest BCUT2D eigenvalue weighted by molar-refractivity contribution is 8.27. The first-order valence-corrected chi connectivity index (χ1v) is 10.3. The van der Waals surface area contributed by atoms with Gasteiger partial charge in [-0.05, 0) is 46.7 Å². The average Bonchev–Trinajstić information content (AvgIpc) is 3.05. The summed E-state index contributed by atoms with van der Waals surface area (Å²) in [6, 6.07) is 17.5. The first-order chi connectivity index (χ1) is 14.5. The van der Waals surface area contributed by atoms with Crippen LogP contribution in [0.2, 0.25) is 0 Å². The van der Waals surface area contributed by atoms with E-state index in [0.717, 1.165) is 22.0 Å². The van der Waals surface area contributed by atoms with E-state index in [1.54, 1.807) is 44.4 Å². The van der Waals surface area contributed by atoms with Gasteiger partial charge in [-0.1, -0.05) is 54.3 Å². The van der Waals surface area contributed by atoms with E-state index in [4.69, 9.17) is 26.4 Å². The van der Waals surface area contributed by atoms with Gasteiger partial charge in [0.1, 0.15) is 0 Å². The van der Waals surface area contributed by atoms with Crippen LogP contribution < -0.4 is 19.1 Å². The van der Waals surface area contributed by atoms with E-state index in [9.17, 15) is 4.79 Å². The topological polar surface area (TPSA) is 48.0 Å². The lowest BCUT2D eigenvalue weighted by molar-refractivity contribution is -0.113. The van der Waals surface area contributed by atoms with Crippen LogP contribution in [0.1, 0.15) is 5.56 Å². The summed E-state index contributed by atoms with van der Waals surface area (Å²) in [5.41, 5.74) is 1.51. The lowest BCUT2D eigenvalue weighted by Crippen LogP contribution is -2.27. The van der Waals surface area contributed by atoms with Crippen molar-refractivity contribution >= 4 is 56.7 Å². The number of benzene rings is 3. The fraction of sp³-hybridized carbons (Fsp3) is 0.130. The summed E-state index contributed by atoms with van der Waals surface area (Å²) in [5, 5.41) is 2.16. The van der Waals surface area contributed by atoms with Gasteiger partial charge in [0, 0.05) is 0 Å². The number of rotatable bonds is 5. The van der Waals surface area contributed by atoms with Crippen LogP contribution in [-0.2, 0) is 4.79 Å². The van der Waals surface area contributed by atoms with E-state index in [2.05, 4.69) is 0 Å². The van der Waals surface area contributed by atoms with E-state index >= 15 is 0 Å². The van der Waals surface area contributed by atoms with Crippen LogP contribution in [0.15, 0.2) is 59.5 Å². The minimum atomic E-state index is -0.158. The van der Waals surface area contributed by atoms with Crippen LogP contribution in [0.5, 0.6) is 17.2 Å². The van der Waals surface area contributed by atoms with Crippen molar-refractivity contribution in [2.45, 2.75) is 0 Å². The lowest BCUT2D eigenvalue weighted by atomic mass is 10.1. The molecule has 0 unspecified atom stereocenters. The lowest BCUT2D eigenvalue weighted by Gasteiger charge is -2.15. The highest BCUT2D eigenvalue weighted by Gasteiger charge is 2.33. The second-order valence-electron chi connectivity index (χ2n) is 6.51. The minimum Gasteiger partial charge on any atom is -0.493 e. The fourth-order valence-corrected chi connectivity index (χ4v) is 4.64. The van der Waals surface area contributed by atoms with E-state index in [1.807, 2.05) is 42.5 Å². The Morgan fingerprint density at radius 1 is 0.900 bits per heavy atom. The fourth-order valence-electron chi connectivity index (χ4n) is 3.34. The molecule has 0 saturated carbocycles. The van der Waals surface area contributed by atoms with Gasteiger partial charge in [0.25, 0.3) is 5.91 Å². The van der Waals surface area contributed by atoms with Gasteiger partial charge in [0.15, 0.2) is 15.8 Å². The Morgan fingerprint density at radius 3 is 2.20 bits per heavy atom. The summed E-state index contributed by atoms with van der Waals surface area (Å²) in [7, 11) is 4.66. The van der Waals surface area contributed by atoms with Gasteiger partial charge in [0.05, 0.1) is 31.9 Å². The zero-order valence-corrected chi connectivity index (χ0v) is 18.3. The molecule has 7 heteroatoms. The standard InChI is InChI=1S/C23H19NO4S2/c1-26-18-10-14(11-19(27-2)21(18)28-3)12-20-22(25)24(23(29)30-20)17-9-8-15-6-4-5-7-16(15)13-17/h4-13H,1-3H3/b20-12-. The van der Waals surface area contributed by atoms with E-state index in [0.29, 0.717) is 26.5 Å². The predicted molar refractivity (Wildman–Crippen MR) is 126 cm³/mol. The second-order valence-corrected chi connectivity index (χ2v) is 8.18. The molecular formula is C23H19NO4S2. The summed E-state index contributed by atoms with van der Waals surface area (Å²) < 4.78 is 16.7. The quantitative estimate of drug-likeness (QED) is 0.400. The van der Waals surface area contributed by atoms with Gasteiger partial charge < -0.3 is 14.2 Å². The molecule has 0 N–H and O–H groups in total. The molecule has 1 amide bonds. The number of thioether (sulfide) groups is 1. The van der Waals surface area contributed by atoms with E-state index < -0.39 is 0 Å². The molecule has 1 heterocycles. The van der Waals surface area contributed by atoms with Crippen LogP contribution in [0.3, 0.4) is 0 Å². The van der Waals surface area contributed by atoms with Gasteiger partial charge >= 0.3 is 0 Å². The van der Waals surface area contributed by atoms with Crippen LogP contribution in [-0.4, -0.2) is 31.6 Å². The Hall–Kier alpha value is -3.03. The molecule has 0 spiro atoms. The molecule has 3 aromatic rings. The number of methoxy groups -OCH3 is 3. The SMILES string of the molecule is COc1cc(/C=C2\SC(=S)N(c3ccc4ccccc4c3)C2=O)cc(OC)c1OC. The Labute approximate surface area is 184 Å². The van der Waals surface area contributed by atoms with Crippen LogP contribution in [0, 0.1) is 0 Å². The van der Waals surface area contributed by atoms with Gasteiger partial charge in [-0.25, -0.2) is 0 Å². The third kappa shape index (κ3) is 3.62. The number of hydrogen-bond donors (Lipinski definition) is 0. The Kier molecular flexibility index (Phi) is 5.65. The number of amides is 1. The van der Waals surface area contributed by atoms with E-state index in [-0.39, 0.29) is 5.91 Å². The normalized spacial score (nSPS) is 15.2. The molecule has 4 rings (SSSR count). The first kappa shape index (κ1) is 20.3. The van der Waals surface area contributed by atoms with Gasteiger partial charge in [-0.2, -0.15) is 0 Å². The van der Waals surface area contributed by atoms with E-state index in [1.165, 1.54) is 11.8 Å². The molecule has 1 saturated heterocycles. The molecule has 5 nitrogen and oxygen atoms in total. The average molecular weight is 438 g/mol. The third-order valence-corrected chi connectivity index (χ3v) is 6.07. The number of carbonyl (C=O) groups excluding carboxylic acids is 1. The molecule has 0 aromatic heterocycles. The molecule has 1 fully saturated rings. The van der Waals surface area contributed by atoms with Crippen molar-refractivity contribution in [1.29, 1.82) is 0 Å². The summed E-state index contributed by atoms with van der Waals surface area (Å²) in [6.07, 6.45) is 1.78. The maximum atomic E-state index is 13.2. The molecule has 152 valence electrons. The number of nitrogens with zero attached hydrogens (tertiary/aromatic N) is 1. The molecule has 30 heavy (non-hydrogen) atoms. The molecule has 1 aliphatic rings. The third-order valence-electron chi connectivity index (χ3n) is 4.77. The van der Waals surface area contributed by atoms with Crippen LogP contribution in [0.25, 0.3) is 16.8 Å². The Bertz CT molecular complexity index is 1160. The molecular weight excluding hydrogens is 418 g/mol. The number of fused-ring (bicyclic) bond motifs is 1. The summed E-state index contributed by atoms with van der Waals surface area (Å²) >= 11 is 6.78. The molecule has 0 aliphatic carbocycles. The van der Waals surface area contributed by atoms with Gasteiger partial charge in [-0.15, -0.1) is 0 Å². The van der Waals surface area contributed by atoms with Gasteiger partial charge in [-0.3, -0.25) is 9.69 Å². The van der Waals surface area contributed by atoms with Crippen molar-refractivity contribution in [3.05, 3.63) is 65.1 Å². The summed E-state index contributed by atoms with van der Waals surface area (Å²) in [6.45, 7) is 0. The molecule has 1 aliphatic heterocycles. The van der Waals surface area contributed by atoms with Crippen LogP contribution >= 0.6 is 24.0 Å². The number of hydrogen-bond acceptors (Lipinski definition) is 6. The monoisotopic (exact) mass is 437 g/mol. The Balaban J connectivity index is 1.71. The Morgan fingerprint density at radius 2 is 1.57 bits per heavy atom. The largest absolute Gasteiger partial charge is 0.493 e. The highest BCUT2D eigenvalue weighted by Crippen LogP contribution is 2.41. The van der Waals surface area contributed by atoms with Crippen molar-refractivity contribution in [2.24, 2.45) is 0 Å². The number of ether oxygens (including phenoxy) is 3. The number of anilines is 1. The first-order valence-electron chi connectivity index (χ1n) is 9.12. The summed E-state index contributed by atoms with van der Waals surface area (Å²) in [4.78, 5) is 15.2. The molecule has 3 aromatic carbocycles. The van der Waals surface area contributed by atoms with Crippen molar-refractivity contribution in [1.82, 2.24) is 0 Å². The van der Waals surface area contributed by atoms with Crippen molar-refractivity contribution in [2.75, 3.05) is 26.2 Å². The van der Waals surface area contributed by atoms with Gasteiger partial charge in [0.2, 0.25) is 5.75 Å². The maximum absolute atomic E-state index is 13.2. The summed E-state index contributed by atoms with van der Waals surface area (Å²) in [5.74, 6) is 1.39. The maximum Gasteiger partial charge on any atom is 0.270 e. The number of carbonyl (C=O) groups is 1. The minimum absolute atomic E-state index is 0.158. The molecule has 0 radical (unpaired) electrons. The van der Waals surface area contributed by atoms with Crippen molar-refractivity contribution in [3.63, 3.8) is 0 Å². The second kappa shape index (κ2) is 8.38. The zero-order chi connectivity index (χ0) is 21.3. The molecule has 0 atom stereocenters. The van der Waals surface area contributed by atoms with Crippen molar-refractivity contribution < 1.29 is 19.0 Å². The smallest absolute Gasteiger partial charge is 0.270 e. The zero-order valence-electron chi connectivity index (χ0n) is 16.7. The van der Waals surface area contributed by atoms with Crippen molar-refractivity contribution in [3.8, 4) is 17.2 Å². The molecule has 0 bridgehead atoms. The predicted octanol–water partition coefficient (Wildman–Crippen LogP) is 5.27. The highest BCUT2D eigenvalue weighted by atomic mass is 32.2. The number of thiocarbonyl (C=S) groups is 1. The van der Waals surface area contributed by atoms with Crippen LogP contribution in [0.4, 0.5) is 5.69 Å².